The van der Waals surface area contributed by atoms with Gasteiger partial charge >= 0.3 is 0 Å². The molecule has 5 nitrogen and oxygen atoms in total. The van der Waals surface area contributed by atoms with E-state index in [0.29, 0.717) is 11.5 Å². The fourth-order valence-electron chi connectivity index (χ4n) is 2.72. The van der Waals surface area contributed by atoms with E-state index in [1.807, 2.05) is 42.6 Å². The molecule has 2 aromatic heterocycles. The van der Waals surface area contributed by atoms with Crippen molar-refractivity contribution in [2.24, 2.45) is 5.92 Å². The molecule has 1 atom stereocenters. The van der Waals surface area contributed by atoms with Gasteiger partial charge < -0.3 is 9.84 Å². The van der Waals surface area contributed by atoms with Gasteiger partial charge in [-0.05, 0) is 37.8 Å². The van der Waals surface area contributed by atoms with Crippen molar-refractivity contribution in [3.8, 4) is 11.3 Å². The number of carbonyl (C=O) groups is 1. The van der Waals surface area contributed by atoms with Crippen LogP contribution in [-0.2, 0) is 0 Å². The fraction of sp³-hybridized carbons (Fsp3) is 0.278. The SMILES string of the molecule is Cc1oncc1-c1csc([C@H](NC(=O)c2ccccc2)C2CC2)n1. The second-order valence-corrected chi connectivity index (χ2v) is 6.91. The monoisotopic (exact) mass is 339 g/mol. The molecule has 1 saturated carbocycles. The molecule has 1 aromatic carbocycles. The van der Waals surface area contributed by atoms with Gasteiger partial charge in [-0.2, -0.15) is 0 Å². The number of aryl methyl sites for hydroxylation is 1. The van der Waals surface area contributed by atoms with Gasteiger partial charge in [0.2, 0.25) is 0 Å². The maximum absolute atomic E-state index is 12.5. The van der Waals surface area contributed by atoms with E-state index in [-0.39, 0.29) is 11.9 Å². The van der Waals surface area contributed by atoms with E-state index < -0.39 is 0 Å². The zero-order valence-corrected chi connectivity index (χ0v) is 14.0. The van der Waals surface area contributed by atoms with Crippen LogP contribution in [-0.4, -0.2) is 16.0 Å². The zero-order chi connectivity index (χ0) is 16.5. The Labute approximate surface area is 143 Å². The van der Waals surface area contributed by atoms with Crippen molar-refractivity contribution in [1.82, 2.24) is 15.5 Å². The molecule has 4 rings (SSSR count). The number of aromatic nitrogens is 2. The maximum atomic E-state index is 12.5. The number of benzene rings is 1. The van der Waals surface area contributed by atoms with E-state index in [2.05, 4.69) is 10.5 Å². The van der Waals surface area contributed by atoms with Crippen LogP contribution >= 0.6 is 11.3 Å². The van der Waals surface area contributed by atoms with E-state index in [1.54, 1.807) is 17.5 Å². The van der Waals surface area contributed by atoms with Gasteiger partial charge in [-0.1, -0.05) is 23.4 Å². The molecular weight excluding hydrogens is 322 g/mol. The van der Waals surface area contributed by atoms with Crippen LogP contribution in [0.1, 0.15) is 40.0 Å². The third-order valence-electron chi connectivity index (χ3n) is 4.23. The Morgan fingerprint density at radius 2 is 2.12 bits per heavy atom. The molecule has 1 aliphatic carbocycles. The van der Waals surface area contributed by atoms with Crippen LogP contribution in [0.15, 0.2) is 46.4 Å². The standard InChI is InChI=1S/C18H17N3O2S/c1-11-14(9-19-23-11)15-10-24-18(20-15)16(12-7-8-12)21-17(22)13-5-3-2-4-6-13/h2-6,9-10,12,16H,7-8H2,1H3,(H,21,22)/t16-/m1/s1. The number of hydrogen-bond donors (Lipinski definition) is 1. The molecule has 0 bridgehead atoms. The lowest BCUT2D eigenvalue weighted by molar-refractivity contribution is 0.0931. The van der Waals surface area contributed by atoms with Crippen LogP contribution in [0, 0.1) is 12.8 Å². The highest BCUT2D eigenvalue weighted by Crippen LogP contribution is 2.42. The van der Waals surface area contributed by atoms with Gasteiger partial charge in [-0.25, -0.2) is 4.98 Å². The molecule has 122 valence electrons. The summed E-state index contributed by atoms with van der Waals surface area (Å²) in [5.41, 5.74) is 2.43. The molecule has 3 aromatic rings. The molecule has 0 unspecified atom stereocenters. The van der Waals surface area contributed by atoms with Gasteiger partial charge in [0.25, 0.3) is 5.91 Å². The molecular formula is C18H17N3O2S. The van der Waals surface area contributed by atoms with Crippen molar-refractivity contribution in [2.75, 3.05) is 0 Å². The van der Waals surface area contributed by atoms with Gasteiger partial charge in [-0.15, -0.1) is 11.3 Å². The lowest BCUT2D eigenvalue weighted by Gasteiger charge is -2.15. The molecule has 0 spiro atoms. The second kappa shape index (κ2) is 6.20. The summed E-state index contributed by atoms with van der Waals surface area (Å²) in [6.45, 7) is 1.87. The Morgan fingerprint density at radius 1 is 1.33 bits per heavy atom. The summed E-state index contributed by atoms with van der Waals surface area (Å²) in [6, 6.07) is 9.27. The first kappa shape index (κ1) is 15.1. The van der Waals surface area contributed by atoms with E-state index in [9.17, 15) is 4.79 Å². The van der Waals surface area contributed by atoms with Crippen molar-refractivity contribution < 1.29 is 9.32 Å². The predicted molar refractivity (Wildman–Crippen MR) is 91.7 cm³/mol. The largest absolute Gasteiger partial charge is 0.361 e. The van der Waals surface area contributed by atoms with Crippen LogP contribution in [0.3, 0.4) is 0 Å². The summed E-state index contributed by atoms with van der Waals surface area (Å²) in [5.74, 6) is 1.17. The first-order chi connectivity index (χ1) is 11.7. The van der Waals surface area contributed by atoms with E-state index in [0.717, 1.165) is 34.9 Å². The number of nitrogens with one attached hydrogen (secondary N) is 1. The lowest BCUT2D eigenvalue weighted by atomic mass is 10.1. The van der Waals surface area contributed by atoms with Crippen LogP contribution in [0.2, 0.25) is 0 Å². The Bertz CT molecular complexity index is 852. The van der Waals surface area contributed by atoms with Gasteiger partial charge in [-0.3, -0.25) is 4.79 Å². The second-order valence-electron chi connectivity index (χ2n) is 6.02. The summed E-state index contributed by atoms with van der Waals surface area (Å²) in [6.07, 6.45) is 3.94. The number of amides is 1. The Balaban J connectivity index is 1.57. The average Bonchev–Trinajstić information content (AvgIpc) is 3.17. The minimum absolute atomic E-state index is 0.0309. The van der Waals surface area contributed by atoms with Crippen molar-refractivity contribution in [3.05, 3.63) is 58.2 Å². The number of carbonyl (C=O) groups excluding carboxylic acids is 1. The summed E-state index contributed by atoms with van der Waals surface area (Å²) >= 11 is 1.57. The van der Waals surface area contributed by atoms with Crippen molar-refractivity contribution in [2.45, 2.75) is 25.8 Å². The highest BCUT2D eigenvalue weighted by Gasteiger charge is 2.35. The Hall–Kier alpha value is -2.47. The normalized spacial score (nSPS) is 15.2. The third-order valence-corrected chi connectivity index (χ3v) is 5.16. The number of nitrogens with zero attached hydrogens (tertiary/aromatic N) is 2. The molecule has 6 heteroatoms. The number of hydrogen-bond acceptors (Lipinski definition) is 5. The summed E-state index contributed by atoms with van der Waals surface area (Å²) in [7, 11) is 0. The molecule has 0 aliphatic heterocycles. The fourth-order valence-corrected chi connectivity index (χ4v) is 3.68. The molecule has 1 N–H and O–H groups in total. The van der Waals surface area contributed by atoms with Crippen LogP contribution in [0.25, 0.3) is 11.3 Å². The van der Waals surface area contributed by atoms with Crippen LogP contribution in [0.5, 0.6) is 0 Å². The summed E-state index contributed by atoms with van der Waals surface area (Å²) in [4.78, 5) is 17.2. The highest BCUT2D eigenvalue weighted by atomic mass is 32.1. The molecule has 1 amide bonds. The topological polar surface area (TPSA) is 68.0 Å². The van der Waals surface area contributed by atoms with E-state index >= 15 is 0 Å². The smallest absolute Gasteiger partial charge is 0.251 e. The molecule has 0 radical (unpaired) electrons. The van der Waals surface area contributed by atoms with Crippen molar-refractivity contribution >= 4 is 17.2 Å². The average molecular weight is 339 g/mol. The minimum atomic E-state index is -0.0505. The Kier molecular flexibility index (Phi) is 3.90. The van der Waals surface area contributed by atoms with Crippen LogP contribution in [0.4, 0.5) is 0 Å². The first-order valence-electron chi connectivity index (χ1n) is 7.95. The van der Waals surface area contributed by atoms with Crippen molar-refractivity contribution in [3.63, 3.8) is 0 Å². The molecule has 1 fully saturated rings. The molecule has 1 aliphatic rings. The van der Waals surface area contributed by atoms with Gasteiger partial charge in [0, 0.05) is 10.9 Å². The molecule has 2 heterocycles. The zero-order valence-electron chi connectivity index (χ0n) is 13.2. The number of rotatable bonds is 5. The lowest BCUT2D eigenvalue weighted by Crippen LogP contribution is -2.29. The third kappa shape index (κ3) is 2.97. The van der Waals surface area contributed by atoms with Gasteiger partial charge in [0.05, 0.1) is 23.5 Å². The van der Waals surface area contributed by atoms with E-state index in [1.165, 1.54) is 0 Å². The highest BCUT2D eigenvalue weighted by molar-refractivity contribution is 7.10. The summed E-state index contributed by atoms with van der Waals surface area (Å²) in [5, 5.41) is 9.90. The number of thiazole rings is 1. The van der Waals surface area contributed by atoms with Gasteiger partial charge in [0.15, 0.2) is 0 Å². The predicted octanol–water partition coefficient (Wildman–Crippen LogP) is 3.99. The Morgan fingerprint density at radius 3 is 2.79 bits per heavy atom. The molecule has 0 saturated heterocycles. The van der Waals surface area contributed by atoms with E-state index in [4.69, 9.17) is 9.51 Å². The first-order valence-corrected chi connectivity index (χ1v) is 8.83. The minimum Gasteiger partial charge on any atom is -0.361 e. The van der Waals surface area contributed by atoms with Gasteiger partial charge in [0.1, 0.15) is 10.8 Å². The van der Waals surface area contributed by atoms with Crippen LogP contribution < -0.4 is 5.32 Å². The van der Waals surface area contributed by atoms with Crippen molar-refractivity contribution in [1.29, 1.82) is 0 Å². The molecule has 24 heavy (non-hydrogen) atoms. The summed E-state index contributed by atoms with van der Waals surface area (Å²) < 4.78 is 5.12. The maximum Gasteiger partial charge on any atom is 0.251 e. The quantitative estimate of drug-likeness (QED) is 0.763.